The molecule has 0 amide bonds. The Morgan fingerprint density at radius 2 is 1.69 bits per heavy atom. The van der Waals surface area contributed by atoms with E-state index in [-0.39, 0.29) is 16.1 Å². The van der Waals surface area contributed by atoms with Gasteiger partial charge in [0.2, 0.25) is 0 Å². The largest absolute Gasteiger partial charge is 0.755 e. The fourth-order valence-electron chi connectivity index (χ4n) is 3.00. The molecule has 0 aliphatic heterocycles. The molecule has 168 valence electrons. The van der Waals surface area contributed by atoms with Crippen molar-refractivity contribution >= 4 is 45.9 Å². The molecule has 1 aromatic heterocycles. The van der Waals surface area contributed by atoms with Crippen LogP contribution in [0.15, 0.2) is 54.6 Å². The average molecular weight is 473 g/mol. The minimum absolute atomic E-state index is 0.125. The number of aryl methyl sites for hydroxylation is 1. The van der Waals surface area contributed by atoms with Gasteiger partial charge in [0.05, 0.1) is 28.2 Å². The van der Waals surface area contributed by atoms with Crippen LogP contribution in [0.3, 0.4) is 0 Å². The van der Waals surface area contributed by atoms with Crippen LogP contribution >= 0.6 is 11.3 Å². The Balaban J connectivity index is 2.18. The van der Waals surface area contributed by atoms with Crippen molar-refractivity contribution in [2.45, 2.75) is 33.3 Å². The van der Waals surface area contributed by atoms with Crippen LogP contribution in [-0.2, 0) is 16.0 Å². The monoisotopic (exact) mass is 472 g/mol. The number of rotatable bonds is 6. The smallest absolute Gasteiger partial charge is 0.351 e. The molecule has 0 fully saturated rings. The molecular formula is C23H22NO6S2-. The van der Waals surface area contributed by atoms with Gasteiger partial charge in [-0.05, 0) is 63.1 Å². The summed E-state index contributed by atoms with van der Waals surface area (Å²) in [6, 6.07) is 14.7. The molecular weight excluding hydrogens is 450 g/mol. The molecule has 0 saturated carbocycles. The summed E-state index contributed by atoms with van der Waals surface area (Å²) in [4.78, 5) is 24.9. The van der Waals surface area contributed by atoms with Crippen molar-refractivity contribution in [2.75, 3.05) is 4.31 Å². The Morgan fingerprint density at radius 1 is 1.06 bits per heavy atom. The van der Waals surface area contributed by atoms with Gasteiger partial charge in [0, 0.05) is 4.88 Å². The van der Waals surface area contributed by atoms with Gasteiger partial charge < -0.3 is 14.4 Å². The summed E-state index contributed by atoms with van der Waals surface area (Å²) >= 11 is -1.63. The highest BCUT2D eigenvalue weighted by Gasteiger charge is 2.28. The lowest BCUT2D eigenvalue weighted by atomic mass is 10.1. The van der Waals surface area contributed by atoms with E-state index in [1.54, 1.807) is 70.2 Å². The molecule has 1 unspecified atom stereocenters. The number of thiophene rings is 1. The second-order valence-corrected chi connectivity index (χ2v) is 9.86. The highest BCUT2D eigenvalue weighted by atomic mass is 32.2. The van der Waals surface area contributed by atoms with Gasteiger partial charge in [-0.1, -0.05) is 30.3 Å². The first kappa shape index (κ1) is 23.6. The van der Waals surface area contributed by atoms with E-state index in [0.29, 0.717) is 21.7 Å². The van der Waals surface area contributed by atoms with Crippen LogP contribution < -0.4 is 4.31 Å². The molecule has 9 heteroatoms. The molecule has 0 aliphatic carbocycles. The molecule has 3 rings (SSSR count). The number of carbonyl (C=O) groups excluding carboxylic acids is 1. The number of carbonyl (C=O) groups is 2. The maximum absolute atomic E-state index is 13.0. The van der Waals surface area contributed by atoms with E-state index in [1.807, 2.05) is 0 Å². The fourth-order valence-corrected chi connectivity index (χ4v) is 4.76. The third kappa shape index (κ3) is 5.24. The van der Waals surface area contributed by atoms with E-state index in [1.165, 1.54) is 12.1 Å². The summed E-state index contributed by atoms with van der Waals surface area (Å²) in [6.45, 7) is 6.97. The van der Waals surface area contributed by atoms with Gasteiger partial charge in [-0.3, -0.25) is 8.51 Å². The SMILES string of the molecule is Cc1ccccc1N(c1cc(-c2ccc(C(=O)O)cc2)sc1C(=O)OC(C)(C)C)S(=O)[O-]. The molecule has 1 heterocycles. The molecule has 0 saturated heterocycles. The summed E-state index contributed by atoms with van der Waals surface area (Å²) in [5.41, 5.74) is 1.30. The van der Waals surface area contributed by atoms with Crippen molar-refractivity contribution in [3.63, 3.8) is 0 Å². The molecule has 1 N–H and O–H groups in total. The van der Waals surface area contributed by atoms with Gasteiger partial charge in [-0.15, -0.1) is 11.3 Å². The Labute approximate surface area is 192 Å². The standard InChI is InChI=1S/C23H23NO6S2/c1-14-7-5-6-8-17(14)24(32(28)29)18-13-19(15-9-11-16(12-10-15)21(25)26)31-20(18)22(27)30-23(2,3)4/h5-13H,1-4H3,(H,25,26)(H,28,29)/p-1. The van der Waals surface area contributed by atoms with Gasteiger partial charge in [-0.2, -0.15) is 0 Å². The van der Waals surface area contributed by atoms with Gasteiger partial charge >= 0.3 is 11.9 Å². The van der Waals surface area contributed by atoms with E-state index < -0.39 is 28.8 Å². The first-order valence-electron chi connectivity index (χ1n) is 9.64. The Morgan fingerprint density at radius 3 is 2.22 bits per heavy atom. The zero-order chi connectivity index (χ0) is 23.6. The predicted molar refractivity (Wildman–Crippen MR) is 124 cm³/mol. The Hall–Kier alpha value is -3.01. The van der Waals surface area contributed by atoms with Crippen LogP contribution in [0.25, 0.3) is 10.4 Å². The van der Waals surface area contributed by atoms with Crippen molar-refractivity contribution in [1.82, 2.24) is 0 Å². The zero-order valence-corrected chi connectivity index (χ0v) is 19.6. The second kappa shape index (κ2) is 9.23. The van der Waals surface area contributed by atoms with Gasteiger partial charge in [-0.25, -0.2) is 9.59 Å². The predicted octanol–water partition coefficient (Wildman–Crippen LogP) is 5.31. The van der Waals surface area contributed by atoms with Gasteiger partial charge in [0.1, 0.15) is 10.5 Å². The minimum atomic E-state index is -2.71. The number of hydrogen-bond acceptors (Lipinski definition) is 6. The molecule has 32 heavy (non-hydrogen) atoms. The van der Waals surface area contributed by atoms with E-state index in [2.05, 4.69) is 0 Å². The highest BCUT2D eigenvalue weighted by molar-refractivity contribution is 7.81. The Bertz CT molecular complexity index is 1180. The maximum Gasteiger partial charge on any atom is 0.351 e. The average Bonchev–Trinajstić information content (AvgIpc) is 3.13. The first-order valence-corrected chi connectivity index (χ1v) is 11.5. The van der Waals surface area contributed by atoms with Crippen LogP contribution in [0.1, 0.15) is 46.4 Å². The number of nitrogens with zero attached hydrogens (tertiary/aromatic N) is 1. The van der Waals surface area contributed by atoms with Crippen LogP contribution in [0.4, 0.5) is 11.4 Å². The summed E-state index contributed by atoms with van der Waals surface area (Å²) < 4.78 is 31.2. The number of aromatic carboxylic acids is 1. The highest BCUT2D eigenvalue weighted by Crippen LogP contribution is 2.42. The molecule has 0 bridgehead atoms. The van der Waals surface area contributed by atoms with Crippen LogP contribution in [-0.4, -0.2) is 31.4 Å². The van der Waals surface area contributed by atoms with Gasteiger partial charge in [0.25, 0.3) is 0 Å². The molecule has 0 spiro atoms. The zero-order valence-electron chi connectivity index (χ0n) is 17.9. The number of carboxylic acid groups (broad SMARTS) is 1. The van der Waals surface area contributed by atoms with E-state index >= 15 is 0 Å². The summed E-state index contributed by atoms with van der Waals surface area (Å²) in [7, 11) is 0. The van der Waals surface area contributed by atoms with E-state index in [0.717, 1.165) is 15.6 Å². The summed E-state index contributed by atoms with van der Waals surface area (Å²) in [6.07, 6.45) is 0. The Kier molecular flexibility index (Phi) is 6.82. The normalized spacial score (nSPS) is 12.3. The number of benzene rings is 2. The lowest BCUT2D eigenvalue weighted by Gasteiger charge is -2.28. The molecule has 2 aromatic carbocycles. The minimum Gasteiger partial charge on any atom is -0.755 e. The summed E-state index contributed by atoms with van der Waals surface area (Å²) in [5.74, 6) is -1.69. The first-order chi connectivity index (χ1) is 15.0. The molecule has 1 atom stereocenters. The van der Waals surface area contributed by atoms with Crippen LogP contribution in [0, 0.1) is 6.92 Å². The van der Waals surface area contributed by atoms with Crippen molar-refractivity contribution in [2.24, 2.45) is 0 Å². The molecule has 7 nitrogen and oxygen atoms in total. The van der Waals surface area contributed by atoms with Crippen LogP contribution in [0.5, 0.6) is 0 Å². The van der Waals surface area contributed by atoms with E-state index in [9.17, 15) is 18.4 Å². The van der Waals surface area contributed by atoms with Crippen molar-refractivity contribution in [3.8, 4) is 10.4 Å². The maximum atomic E-state index is 13.0. The van der Waals surface area contributed by atoms with Crippen molar-refractivity contribution < 1.29 is 28.2 Å². The van der Waals surface area contributed by atoms with Crippen molar-refractivity contribution in [3.05, 3.63) is 70.6 Å². The molecule has 0 aliphatic rings. The number of hydrogen-bond donors (Lipinski definition) is 1. The lowest BCUT2D eigenvalue weighted by Crippen LogP contribution is -2.26. The summed E-state index contributed by atoms with van der Waals surface area (Å²) in [5, 5.41) is 9.13. The lowest BCUT2D eigenvalue weighted by molar-refractivity contribution is 0.00760. The number of para-hydroxylation sites is 1. The number of ether oxygens (including phenoxy) is 1. The third-order valence-corrected chi connectivity index (χ3v) is 6.26. The number of carboxylic acids is 1. The van der Waals surface area contributed by atoms with Crippen molar-refractivity contribution in [1.29, 1.82) is 0 Å². The fraction of sp³-hybridized carbons (Fsp3) is 0.217. The molecule has 0 radical (unpaired) electrons. The number of anilines is 2. The van der Waals surface area contributed by atoms with Crippen LogP contribution in [0.2, 0.25) is 0 Å². The number of esters is 1. The quantitative estimate of drug-likeness (QED) is 0.385. The van der Waals surface area contributed by atoms with Gasteiger partial charge in [0.15, 0.2) is 0 Å². The topological polar surface area (TPSA) is 107 Å². The second-order valence-electron chi connectivity index (χ2n) is 8.01. The molecule has 3 aromatic rings. The third-order valence-electron chi connectivity index (χ3n) is 4.42. The van der Waals surface area contributed by atoms with E-state index in [4.69, 9.17) is 9.84 Å².